The lowest BCUT2D eigenvalue weighted by Gasteiger charge is -2.13. The van der Waals surface area contributed by atoms with E-state index in [0.717, 1.165) is 0 Å². The van der Waals surface area contributed by atoms with Crippen LogP contribution in [0.15, 0.2) is 45.6 Å². The van der Waals surface area contributed by atoms with Crippen LogP contribution in [0, 0.1) is 6.92 Å². The highest BCUT2D eigenvalue weighted by molar-refractivity contribution is 6.03. The van der Waals surface area contributed by atoms with E-state index >= 15 is 0 Å². The Bertz CT molecular complexity index is 1170. The number of ether oxygens (including phenoxy) is 2. The number of primary amides is 1. The Labute approximate surface area is 166 Å². The van der Waals surface area contributed by atoms with Gasteiger partial charge in [0, 0.05) is 12.1 Å². The van der Waals surface area contributed by atoms with Gasteiger partial charge in [-0.05, 0) is 24.6 Å². The van der Waals surface area contributed by atoms with Gasteiger partial charge in [0.2, 0.25) is 5.91 Å². The van der Waals surface area contributed by atoms with Crippen LogP contribution in [0.5, 0.6) is 11.5 Å². The van der Waals surface area contributed by atoms with E-state index in [9.17, 15) is 14.4 Å². The average Bonchev–Trinajstić information content (AvgIpc) is 2.70. The summed E-state index contributed by atoms with van der Waals surface area (Å²) < 4.78 is 16.0. The SMILES string of the molecule is COc1cc(OC)c2c(C)c(CC(=O)Nc3ccccc3C(N)=O)c(=O)oc2c1. The number of hydrogen-bond acceptors (Lipinski definition) is 6. The van der Waals surface area contributed by atoms with Crippen LogP contribution >= 0.6 is 0 Å². The zero-order chi connectivity index (χ0) is 21.1. The second kappa shape index (κ2) is 8.05. The molecule has 0 bridgehead atoms. The van der Waals surface area contributed by atoms with Gasteiger partial charge in [0.15, 0.2) is 0 Å². The summed E-state index contributed by atoms with van der Waals surface area (Å²) in [6, 6.07) is 9.62. The van der Waals surface area contributed by atoms with Crippen LogP contribution in [-0.4, -0.2) is 26.0 Å². The molecule has 8 heteroatoms. The number of amides is 2. The number of methoxy groups -OCH3 is 2. The van der Waals surface area contributed by atoms with Crippen molar-refractivity contribution >= 4 is 28.5 Å². The molecule has 3 rings (SSSR count). The van der Waals surface area contributed by atoms with E-state index < -0.39 is 17.4 Å². The fourth-order valence-electron chi connectivity index (χ4n) is 3.13. The average molecular weight is 396 g/mol. The summed E-state index contributed by atoms with van der Waals surface area (Å²) in [7, 11) is 2.99. The quantitative estimate of drug-likeness (QED) is 0.617. The van der Waals surface area contributed by atoms with Crippen LogP contribution in [0.25, 0.3) is 11.0 Å². The molecule has 0 fully saturated rings. The molecule has 0 spiro atoms. The molecule has 3 aromatic rings. The third-order valence-electron chi connectivity index (χ3n) is 4.58. The third kappa shape index (κ3) is 3.91. The molecule has 0 aliphatic carbocycles. The summed E-state index contributed by atoms with van der Waals surface area (Å²) in [5, 5.41) is 3.20. The van der Waals surface area contributed by atoms with Gasteiger partial charge in [0.1, 0.15) is 17.1 Å². The molecule has 3 N–H and O–H groups in total. The van der Waals surface area contributed by atoms with E-state index in [1.807, 2.05) is 0 Å². The maximum Gasteiger partial charge on any atom is 0.340 e. The molecule has 8 nitrogen and oxygen atoms in total. The van der Waals surface area contributed by atoms with Gasteiger partial charge in [0.25, 0.3) is 5.91 Å². The Morgan fingerprint density at radius 1 is 1.14 bits per heavy atom. The third-order valence-corrected chi connectivity index (χ3v) is 4.58. The van der Waals surface area contributed by atoms with Crippen LogP contribution in [-0.2, 0) is 11.2 Å². The Morgan fingerprint density at radius 3 is 2.52 bits per heavy atom. The van der Waals surface area contributed by atoms with E-state index in [1.54, 1.807) is 37.3 Å². The molecule has 2 aromatic carbocycles. The van der Waals surface area contributed by atoms with Gasteiger partial charge in [-0.1, -0.05) is 12.1 Å². The Morgan fingerprint density at radius 2 is 1.86 bits per heavy atom. The maximum absolute atomic E-state index is 12.6. The minimum Gasteiger partial charge on any atom is -0.496 e. The van der Waals surface area contributed by atoms with Crippen LogP contribution < -0.4 is 26.1 Å². The summed E-state index contributed by atoms with van der Waals surface area (Å²) in [4.78, 5) is 36.6. The van der Waals surface area contributed by atoms with Gasteiger partial charge >= 0.3 is 5.63 Å². The van der Waals surface area contributed by atoms with Crippen LogP contribution in [0.4, 0.5) is 5.69 Å². The van der Waals surface area contributed by atoms with E-state index in [4.69, 9.17) is 19.6 Å². The monoisotopic (exact) mass is 396 g/mol. The van der Waals surface area contributed by atoms with Crippen molar-refractivity contribution in [2.24, 2.45) is 5.73 Å². The van der Waals surface area contributed by atoms with Crippen LogP contribution in [0.1, 0.15) is 21.5 Å². The Hall–Kier alpha value is -3.81. The first kappa shape index (κ1) is 19.9. The van der Waals surface area contributed by atoms with Crippen molar-refractivity contribution in [2.45, 2.75) is 13.3 Å². The number of benzene rings is 2. The summed E-state index contributed by atoms with van der Waals surface area (Å²) >= 11 is 0. The first-order valence-electron chi connectivity index (χ1n) is 8.72. The second-order valence-corrected chi connectivity index (χ2v) is 6.33. The number of rotatable bonds is 6. The topological polar surface area (TPSA) is 121 Å². The van der Waals surface area contributed by atoms with Gasteiger partial charge in [-0.15, -0.1) is 0 Å². The zero-order valence-electron chi connectivity index (χ0n) is 16.2. The van der Waals surface area contributed by atoms with Gasteiger partial charge < -0.3 is 24.9 Å². The normalized spacial score (nSPS) is 10.6. The van der Waals surface area contributed by atoms with Crippen LogP contribution in [0.3, 0.4) is 0 Å². The predicted octanol–water partition coefficient (Wildman–Crippen LogP) is 2.40. The van der Waals surface area contributed by atoms with Gasteiger partial charge in [-0.3, -0.25) is 9.59 Å². The summed E-state index contributed by atoms with van der Waals surface area (Å²) in [6.45, 7) is 1.72. The number of anilines is 1. The molecule has 150 valence electrons. The highest BCUT2D eigenvalue weighted by Crippen LogP contribution is 2.33. The molecule has 0 unspecified atom stereocenters. The molecule has 0 aliphatic heterocycles. The highest BCUT2D eigenvalue weighted by atomic mass is 16.5. The predicted molar refractivity (Wildman–Crippen MR) is 108 cm³/mol. The molecule has 1 aromatic heterocycles. The zero-order valence-corrected chi connectivity index (χ0v) is 16.2. The molecular weight excluding hydrogens is 376 g/mol. The van der Waals surface area contributed by atoms with Gasteiger partial charge in [-0.2, -0.15) is 0 Å². The number of carbonyl (C=O) groups is 2. The summed E-state index contributed by atoms with van der Waals surface area (Å²) in [6.07, 6.45) is -0.244. The molecule has 0 radical (unpaired) electrons. The van der Waals surface area contributed by atoms with Crippen molar-refractivity contribution in [3.8, 4) is 11.5 Å². The summed E-state index contributed by atoms with van der Waals surface area (Å²) in [5.74, 6) is -0.214. The molecule has 0 saturated carbocycles. The van der Waals surface area contributed by atoms with E-state index in [1.165, 1.54) is 20.3 Å². The second-order valence-electron chi connectivity index (χ2n) is 6.33. The maximum atomic E-state index is 12.6. The van der Waals surface area contributed by atoms with Gasteiger partial charge in [-0.25, -0.2) is 4.79 Å². The largest absolute Gasteiger partial charge is 0.496 e. The fraction of sp³-hybridized carbons (Fsp3) is 0.190. The Balaban J connectivity index is 1.99. The fourth-order valence-corrected chi connectivity index (χ4v) is 3.13. The highest BCUT2D eigenvalue weighted by Gasteiger charge is 2.19. The minimum absolute atomic E-state index is 0.178. The van der Waals surface area contributed by atoms with Crippen molar-refractivity contribution < 1.29 is 23.5 Å². The summed E-state index contributed by atoms with van der Waals surface area (Å²) in [5.41, 5.74) is 6.20. The molecule has 29 heavy (non-hydrogen) atoms. The molecule has 0 atom stereocenters. The van der Waals surface area contributed by atoms with Crippen molar-refractivity contribution in [2.75, 3.05) is 19.5 Å². The lowest BCUT2D eigenvalue weighted by Crippen LogP contribution is -2.22. The number of nitrogens with one attached hydrogen (secondary N) is 1. The van der Waals surface area contributed by atoms with Crippen molar-refractivity contribution in [1.29, 1.82) is 0 Å². The molecule has 2 amide bonds. The number of nitrogens with two attached hydrogens (primary N) is 1. The van der Waals surface area contributed by atoms with E-state index in [2.05, 4.69) is 5.32 Å². The van der Waals surface area contributed by atoms with E-state index in [0.29, 0.717) is 28.0 Å². The molecule has 1 heterocycles. The van der Waals surface area contributed by atoms with Crippen LogP contribution in [0.2, 0.25) is 0 Å². The lowest BCUT2D eigenvalue weighted by molar-refractivity contribution is -0.115. The number of hydrogen-bond donors (Lipinski definition) is 2. The Kier molecular flexibility index (Phi) is 5.54. The number of fused-ring (bicyclic) bond motifs is 1. The lowest BCUT2D eigenvalue weighted by atomic mass is 10.0. The minimum atomic E-state index is -0.666. The van der Waals surface area contributed by atoms with Crippen molar-refractivity contribution in [1.82, 2.24) is 0 Å². The molecule has 0 saturated heterocycles. The van der Waals surface area contributed by atoms with Crippen molar-refractivity contribution in [3.63, 3.8) is 0 Å². The molecule has 0 aliphatic rings. The van der Waals surface area contributed by atoms with Gasteiger partial charge in [0.05, 0.1) is 42.8 Å². The smallest absolute Gasteiger partial charge is 0.340 e. The van der Waals surface area contributed by atoms with E-state index in [-0.39, 0.29) is 23.2 Å². The number of aryl methyl sites for hydroxylation is 1. The first-order chi connectivity index (χ1) is 13.8. The molecular formula is C21H20N2O6. The first-order valence-corrected chi connectivity index (χ1v) is 8.72. The number of carbonyl (C=O) groups excluding carboxylic acids is 2. The standard InChI is InChI=1S/C21H20N2O6/c1-11-14(10-18(24)23-15-7-5-4-6-13(15)20(22)25)21(26)29-17-9-12(27-2)8-16(28-3)19(11)17/h4-9H,10H2,1-3H3,(H2,22,25)(H,23,24). The van der Waals surface area contributed by atoms with Crippen molar-refractivity contribution in [3.05, 3.63) is 63.5 Å². The number of para-hydroxylation sites is 1.